The van der Waals surface area contributed by atoms with Gasteiger partial charge in [-0.25, -0.2) is 4.79 Å². The molecule has 2 aromatic carbocycles. The molecule has 1 unspecified atom stereocenters. The number of halogens is 1. The molecule has 0 aliphatic heterocycles. The van der Waals surface area contributed by atoms with Gasteiger partial charge in [0, 0.05) is 26.9 Å². The summed E-state index contributed by atoms with van der Waals surface area (Å²) >= 11 is 6.02. The van der Waals surface area contributed by atoms with Crippen LogP contribution in [0.1, 0.15) is 32.2 Å². The summed E-state index contributed by atoms with van der Waals surface area (Å²) in [5, 5.41) is 11.8. The summed E-state index contributed by atoms with van der Waals surface area (Å²) in [6, 6.07) is 15.7. The van der Waals surface area contributed by atoms with Crippen molar-refractivity contribution in [1.82, 2.24) is 0 Å². The van der Waals surface area contributed by atoms with Crippen LogP contribution >= 0.6 is 11.6 Å². The lowest BCUT2D eigenvalue weighted by Crippen LogP contribution is -2.21. The molecule has 9 heteroatoms. The summed E-state index contributed by atoms with van der Waals surface area (Å²) in [5.74, 6) is -2.65. The van der Waals surface area contributed by atoms with E-state index in [2.05, 4.69) is 5.32 Å². The number of benzene rings is 2. The first-order valence-corrected chi connectivity index (χ1v) is 10.6. The average Bonchev–Trinajstić information content (AvgIpc) is 3.18. The lowest BCUT2D eigenvalue weighted by Gasteiger charge is -2.11. The molecule has 1 amide bonds. The number of anilines is 1. The zero-order valence-electron chi connectivity index (χ0n) is 15.5. The predicted molar refractivity (Wildman–Crippen MR) is 112 cm³/mol. The maximum absolute atomic E-state index is 12.8. The summed E-state index contributed by atoms with van der Waals surface area (Å²) < 4.78 is 17.3. The van der Waals surface area contributed by atoms with E-state index in [0.717, 1.165) is 0 Å². The fourth-order valence-electron chi connectivity index (χ4n) is 2.67. The molecule has 0 radical (unpaired) electrons. The van der Waals surface area contributed by atoms with Gasteiger partial charge in [0.25, 0.3) is 0 Å². The van der Waals surface area contributed by atoms with E-state index in [1.54, 1.807) is 30.3 Å². The van der Waals surface area contributed by atoms with Gasteiger partial charge in [-0.3, -0.25) is 13.8 Å². The average molecular weight is 446 g/mol. The number of rotatable bonds is 8. The number of carbonyl (C=O) groups excluding carboxylic acids is 2. The van der Waals surface area contributed by atoms with Gasteiger partial charge in [0.05, 0.1) is 11.4 Å². The molecule has 1 atom stereocenters. The minimum Gasteiger partial charge on any atom is -0.475 e. The van der Waals surface area contributed by atoms with E-state index in [1.807, 2.05) is 0 Å². The highest BCUT2D eigenvalue weighted by Gasteiger charge is 2.18. The molecule has 3 aromatic rings. The maximum Gasteiger partial charge on any atom is 0.371 e. The van der Waals surface area contributed by atoms with Crippen molar-refractivity contribution in [1.29, 1.82) is 0 Å². The first-order chi connectivity index (χ1) is 14.3. The van der Waals surface area contributed by atoms with Crippen LogP contribution in [0.15, 0.2) is 65.1 Å². The molecule has 2 N–H and O–H groups in total. The van der Waals surface area contributed by atoms with Crippen molar-refractivity contribution in [2.75, 3.05) is 11.1 Å². The van der Waals surface area contributed by atoms with Crippen LogP contribution in [0, 0.1) is 0 Å². The van der Waals surface area contributed by atoms with Gasteiger partial charge in [0.15, 0.2) is 5.78 Å². The molecule has 1 heterocycles. The Morgan fingerprint density at radius 3 is 2.43 bits per heavy atom. The Balaban J connectivity index is 1.69. The Morgan fingerprint density at radius 2 is 1.77 bits per heavy atom. The zero-order valence-corrected chi connectivity index (χ0v) is 17.0. The molecule has 0 aliphatic rings. The fraction of sp³-hybridized carbons (Fsp3) is 0.0952. The third kappa shape index (κ3) is 5.43. The van der Waals surface area contributed by atoms with Gasteiger partial charge < -0.3 is 14.8 Å². The summed E-state index contributed by atoms with van der Waals surface area (Å²) in [4.78, 5) is 36.0. The fourth-order valence-corrected chi connectivity index (χ4v) is 3.78. The third-order valence-corrected chi connectivity index (χ3v) is 5.43. The molecule has 0 spiro atoms. The second kappa shape index (κ2) is 9.51. The number of hydrogen-bond acceptors (Lipinski definition) is 5. The van der Waals surface area contributed by atoms with Gasteiger partial charge in [-0.15, -0.1) is 0 Å². The Bertz CT molecular complexity index is 1130. The number of nitrogens with one attached hydrogen (secondary N) is 1. The van der Waals surface area contributed by atoms with Gasteiger partial charge in [-0.1, -0.05) is 41.9 Å². The highest BCUT2D eigenvalue weighted by atomic mass is 35.5. The number of furan rings is 1. The number of carboxylic acid groups (broad SMARTS) is 1. The molecule has 154 valence electrons. The van der Waals surface area contributed by atoms with Crippen LogP contribution < -0.4 is 5.32 Å². The Hall–Kier alpha value is -3.23. The van der Waals surface area contributed by atoms with Crippen LogP contribution in [0.2, 0.25) is 5.02 Å². The lowest BCUT2D eigenvalue weighted by atomic mass is 10.0. The summed E-state index contributed by atoms with van der Waals surface area (Å²) in [6.45, 7) is 0. The van der Waals surface area contributed by atoms with Crippen molar-refractivity contribution in [3.05, 3.63) is 88.3 Å². The van der Waals surface area contributed by atoms with Crippen molar-refractivity contribution in [2.24, 2.45) is 0 Å². The quantitative estimate of drug-likeness (QED) is 0.510. The monoisotopic (exact) mass is 445 g/mol. The van der Waals surface area contributed by atoms with E-state index in [0.29, 0.717) is 10.6 Å². The molecule has 0 saturated carbocycles. The SMILES string of the molecule is O=C(CS(=O)Cc1ccc(C(=O)O)o1)Nc1ccc(Cl)cc1C(=O)c1ccccc1. The van der Waals surface area contributed by atoms with E-state index in [1.165, 1.54) is 30.3 Å². The van der Waals surface area contributed by atoms with Crippen molar-refractivity contribution in [2.45, 2.75) is 5.75 Å². The minimum absolute atomic E-state index is 0.114. The van der Waals surface area contributed by atoms with Crippen molar-refractivity contribution < 1.29 is 28.1 Å². The standard InChI is InChI=1S/C21H16ClNO6S/c22-14-6-8-17(16(10-14)20(25)13-4-2-1-3-5-13)23-19(24)12-30(28)11-15-7-9-18(29-15)21(26)27/h1-10H,11-12H2,(H,23,24)(H,26,27). The van der Waals surface area contributed by atoms with Gasteiger partial charge in [0.2, 0.25) is 11.7 Å². The molecule has 3 rings (SSSR count). The van der Waals surface area contributed by atoms with Gasteiger partial charge >= 0.3 is 5.97 Å². The normalized spacial score (nSPS) is 11.6. The molecule has 7 nitrogen and oxygen atoms in total. The van der Waals surface area contributed by atoms with E-state index in [-0.39, 0.29) is 40.1 Å². The van der Waals surface area contributed by atoms with Crippen LogP contribution in [0.5, 0.6) is 0 Å². The van der Waals surface area contributed by atoms with Crippen LogP contribution in [-0.4, -0.2) is 32.7 Å². The Labute approximate surface area is 179 Å². The summed E-state index contributed by atoms with van der Waals surface area (Å²) in [6.07, 6.45) is 0. The van der Waals surface area contributed by atoms with Crippen LogP contribution in [0.25, 0.3) is 0 Å². The van der Waals surface area contributed by atoms with Crippen molar-refractivity contribution in [3.63, 3.8) is 0 Å². The molecular formula is C21H16ClNO6S. The van der Waals surface area contributed by atoms with Crippen molar-refractivity contribution >= 4 is 45.7 Å². The minimum atomic E-state index is -1.64. The highest BCUT2D eigenvalue weighted by Crippen LogP contribution is 2.24. The maximum atomic E-state index is 12.8. The molecule has 1 aromatic heterocycles. The number of ketones is 1. The number of aromatic carboxylic acids is 1. The first-order valence-electron chi connectivity index (χ1n) is 8.69. The third-order valence-electron chi connectivity index (χ3n) is 4.00. The van der Waals surface area contributed by atoms with Gasteiger partial charge in [-0.05, 0) is 30.3 Å². The van der Waals surface area contributed by atoms with Crippen LogP contribution in [0.4, 0.5) is 5.69 Å². The summed E-state index contributed by atoms with van der Waals surface area (Å²) in [7, 11) is -1.64. The second-order valence-corrected chi connectivity index (χ2v) is 8.13. The molecular weight excluding hydrogens is 430 g/mol. The zero-order chi connectivity index (χ0) is 21.7. The number of hydrogen-bond donors (Lipinski definition) is 2. The number of carboxylic acids is 1. The van der Waals surface area contributed by atoms with Crippen LogP contribution in [-0.2, 0) is 21.3 Å². The van der Waals surface area contributed by atoms with Gasteiger partial charge in [0.1, 0.15) is 11.5 Å². The van der Waals surface area contributed by atoms with E-state index >= 15 is 0 Å². The van der Waals surface area contributed by atoms with E-state index < -0.39 is 22.7 Å². The largest absolute Gasteiger partial charge is 0.475 e. The molecule has 0 saturated heterocycles. The smallest absolute Gasteiger partial charge is 0.371 e. The van der Waals surface area contributed by atoms with Gasteiger partial charge in [-0.2, -0.15) is 0 Å². The lowest BCUT2D eigenvalue weighted by molar-refractivity contribution is -0.113. The first kappa shape index (κ1) is 21.5. The van der Waals surface area contributed by atoms with Crippen LogP contribution in [0.3, 0.4) is 0 Å². The topological polar surface area (TPSA) is 114 Å². The molecule has 0 fully saturated rings. The van der Waals surface area contributed by atoms with Crippen molar-refractivity contribution in [3.8, 4) is 0 Å². The number of carbonyl (C=O) groups is 3. The molecule has 0 bridgehead atoms. The molecule has 30 heavy (non-hydrogen) atoms. The van der Waals surface area contributed by atoms with E-state index in [4.69, 9.17) is 21.1 Å². The summed E-state index contributed by atoms with van der Waals surface area (Å²) in [5.41, 5.74) is 0.900. The second-order valence-electron chi connectivity index (χ2n) is 6.23. The predicted octanol–water partition coefficient (Wildman–Crippen LogP) is 3.75. The van der Waals surface area contributed by atoms with E-state index in [9.17, 15) is 18.6 Å². The number of amides is 1. The Kier molecular flexibility index (Phi) is 6.81. The Morgan fingerprint density at radius 1 is 1.03 bits per heavy atom. The molecule has 0 aliphatic carbocycles. The highest BCUT2D eigenvalue weighted by molar-refractivity contribution is 7.84.